The molecule has 1 aliphatic heterocycles. The highest BCUT2D eigenvalue weighted by Crippen LogP contribution is 2.27. The van der Waals surface area contributed by atoms with Crippen LogP contribution in [-0.4, -0.2) is 41.1 Å². The number of nitrogens with one attached hydrogen (secondary N) is 1. The molecule has 1 fully saturated rings. The van der Waals surface area contributed by atoms with E-state index in [1.54, 1.807) is 6.07 Å². The minimum Gasteiger partial charge on any atom is -0.507 e. The predicted molar refractivity (Wildman–Crippen MR) is 99.2 cm³/mol. The van der Waals surface area contributed by atoms with E-state index in [2.05, 4.69) is 10.5 Å². The van der Waals surface area contributed by atoms with Crippen LogP contribution in [-0.2, 0) is 9.59 Å². The van der Waals surface area contributed by atoms with E-state index in [1.165, 1.54) is 23.2 Å². The van der Waals surface area contributed by atoms with Gasteiger partial charge in [0.05, 0.1) is 6.21 Å². The van der Waals surface area contributed by atoms with Crippen molar-refractivity contribution in [1.29, 1.82) is 0 Å². The van der Waals surface area contributed by atoms with Crippen LogP contribution in [0.1, 0.15) is 23.5 Å². The predicted octanol–water partition coefficient (Wildman–Crippen LogP) is 2.51. The maximum Gasteiger partial charge on any atom is 0.259 e. The van der Waals surface area contributed by atoms with Crippen molar-refractivity contribution in [3.8, 4) is 5.75 Å². The molecule has 0 aliphatic carbocycles. The van der Waals surface area contributed by atoms with Crippen LogP contribution in [0.15, 0.2) is 53.6 Å². The lowest BCUT2D eigenvalue weighted by Crippen LogP contribution is -2.36. The first kappa shape index (κ1) is 17.9. The van der Waals surface area contributed by atoms with Crippen molar-refractivity contribution in [3.05, 3.63) is 64.7 Å². The molecule has 1 atom stereocenters. The maximum absolute atomic E-state index is 12.1. The normalized spacial score (nSPS) is 17.0. The topological polar surface area (TPSA) is 82.0 Å². The van der Waals surface area contributed by atoms with E-state index in [0.717, 1.165) is 5.56 Å². The molecule has 7 heteroatoms. The number of likely N-dealkylation sites (tertiary alicyclic amines) is 1. The highest BCUT2D eigenvalue weighted by Gasteiger charge is 2.31. The number of hydrogen-bond acceptors (Lipinski definition) is 4. The van der Waals surface area contributed by atoms with Crippen molar-refractivity contribution in [2.45, 2.75) is 12.3 Å². The molecule has 2 N–H and O–H groups in total. The highest BCUT2D eigenvalue weighted by atomic mass is 35.5. The SMILES string of the molecule is O=C(CN1C[C@@H](c2ccccc2)CC1=O)N/N=C\c1cc(Cl)ccc1O. The van der Waals surface area contributed by atoms with Crippen molar-refractivity contribution in [3.63, 3.8) is 0 Å². The lowest BCUT2D eigenvalue weighted by Gasteiger charge is -2.15. The Morgan fingerprint density at radius 1 is 1.31 bits per heavy atom. The quantitative estimate of drug-likeness (QED) is 0.626. The number of aromatic hydroxyl groups is 1. The Kier molecular flexibility index (Phi) is 5.53. The molecule has 0 radical (unpaired) electrons. The van der Waals surface area contributed by atoms with E-state index in [0.29, 0.717) is 23.6 Å². The van der Waals surface area contributed by atoms with E-state index in [1.807, 2.05) is 30.3 Å². The summed E-state index contributed by atoms with van der Waals surface area (Å²) in [5.74, 6) is -0.341. The zero-order valence-corrected chi connectivity index (χ0v) is 14.7. The number of hydrazone groups is 1. The van der Waals surface area contributed by atoms with Gasteiger partial charge in [-0.25, -0.2) is 5.43 Å². The second kappa shape index (κ2) is 8.01. The summed E-state index contributed by atoms with van der Waals surface area (Å²) in [6.07, 6.45) is 1.70. The van der Waals surface area contributed by atoms with Crippen LogP contribution < -0.4 is 5.43 Å². The fourth-order valence-electron chi connectivity index (χ4n) is 2.88. The van der Waals surface area contributed by atoms with E-state index in [9.17, 15) is 14.7 Å². The Balaban J connectivity index is 1.54. The summed E-state index contributed by atoms with van der Waals surface area (Å²) < 4.78 is 0. The molecular formula is C19H18ClN3O3. The number of hydrogen-bond donors (Lipinski definition) is 2. The summed E-state index contributed by atoms with van der Waals surface area (Å²) in [5.41, 5.74) is 3.85. The summed E-state index contributed by atoms with van der Waals surface area (Å²) in [4.78, 5) is 25.7. The minimum absolute atomic E-state index is 0.00724. The van der Waals surface area contributed by atoms with Gasteiger partial charge in [0.1, 0.15) is 12.3 Å². The second-order valence-electron chi connectivity index (χ2n) is 6.08. The first-order chi connectivity index (χ1) is 12.5. The van der Waals surface area contributed by atoms with Gasteiger partial charge in [-0.15, -0.1) is 0 Å². The summed E-state index contributed by atoms with van der Waals surface area (Å²) in [6, 6.07) is 14.3. The molecule has 0 aromatic heterocycles. The fraction of sp³-hybridized carbons (Fsp3) is 0.211. The Labute approximate surface area is 156 Å². The van der Waals surface area contributed by atoms with Gasteiger partial charge >= 0.3 is 0 Å². The molecule has 1 saturated heterocycles. The van der Waals surface area contributed by atoms with Crippen LogP contribution in [0, 0.1) is 0 Å². The zero-order valence-electron chi connectivity index (χ0n) is 13.9. The lowest BCUT2D eigenvalue weighted by molar-refractivity contribution is -0.133. The number of carbonyl (C=O) groups excluding carboxylic acids is 2. The van der Waals surface area contributed by atoms with Gasteiger partial charge in [0, 0.05) is 29.5 Å². The molecule has 0 bridgehead atoms. The van der Waals surface area contributed by atoms with Crippen molar-refractivity contribution in [1.82, 2.24) is 10.3 Å². The van der Waals surface area contributed by atoms with Gasteiger partial charge in [0.15, 0.2) is 0 Å². The van der Waals surface area contributed by atoms with Crippen molar-refractivity contribution >= 4 is 29.6 Å². The van der Waals surface area contributed by atoms with Crippen molar-refractivity contribution < 1.29 is 14.7 Å². The van der Waals surface area contributed by atoms with E-state index < -0.39 is 5.91 Å². The van der Waals surface area contributed by atoms with E-state index in [-0.39, 0.29) is 24.1 Å². The van der Waals surface area contributed by atoms with Gasteiger partial charge in [-0.2, -0.15) is 5.10 Å². The Morgan fingerprint density at radius 3 is 2.85 bits per heavy atom. The van der Waals surface area contributed by atoms with Crippen LogP contribution in [0.25, 0.3) is 0 Å². The monoisotopic (exact) mass is 371 g/mol. The van der Waals surface area contributed by atoms with Crippen LogP contribution in [0.2, 0.25) is 5.02 Å². The Hall–Kier alpha value is -2.86. The van der Waals surface area contributed by atoms with Gasteiger partial charge in [0.2, 0.25) is 5.91 Å². The zero-order chi connectivity index (χ0) is 18.5. The number of benzene rings is 2. The standard InChI is InChI=1S/C19H18ClN3O3/c20-16-6-7-17(24)14(8-16)10-21-22-18(25)12-23-11-15(9-19(23)26)13-4-2-1-3-5-13/h1-8,10,15,24H,9,11-12H2,(H,22,25)/b21-10-/t15-/m0/s1. The molecule has 0 saturated carbocycles. The minimum atomic E-state index is -0.398. The first-order valence-electron chi connectivity index (χ1n) is 8.16. The number of amides is 2. The van der Waals surface area contributed by atoms with Crippen molar-refractivity contribution in [2.24, 2.45) is 5.10 Å². The fourth-order valence-corrected chi connectivity index (χ4v) is 3.07. The second-order valence-corrected chi connectivity index (χ2v) is 6.52. The molecule has 6 nitrogen and oxygen atoms in total. The third kappa shape index (κ3) is 4.40. The van der Waals surface area contributed by atoms with Gasteiger partial charge in [-0.3, -0.25) is 9.59 Å². The largest absolute Gasteiger partial charge is 0.507 e. The summed E-state index contributed by atoms with van der Waals surface area (Å²) in [6.45, 7) is 0.454. The van der Waals surface area contributed by atoms with Gasteiger partial charge < -0.3 is 10.0 Å². The number of nitrogens with zero attached hydrogens (tertiary/aromatic N) is 2. The van der Waals surface area contributed by atoms with Gasteiger partial charge in [-0.1, -0.05) is 41.9 Å². The lowest BCUT2D eigenvalue weighted by atomic mass is 9.99. The molecule has 134 valence electrons. The number of phenolic OH excluding ortho intramolecular Hbond substituents is 1. The van der Waals surface area contributed by atoms with E-state index >= 15 is 0 Å². The van der Waals surface area contributed by atoms with Gasteiger partial charge in [0.25, 0.3) is 5.91 Å². The Morgan fingerprint density at radius 2 is 2.08 bits per heavy atom. The summed E-state index contributed by atoms with van der Waals surface area (Å²) in [7, 11) is 0. The summed E-state index contributed by atoms with van der Waals surface area (Å²) >= 11 is 5.85. The third-order valence-corrected chi connectivity index (χ3v) is 4.44. The van der Waals surface area contributed by atoms with Crippen LogP contribution >= 0.6 is 11.6 Å². The molecular weight excluding hydrogens is 354 g/mol. The molecule has 3 rings (SSSR count). The molecule has 2 amide bonds. The third-order valence-electron chi connectivity index (χ3n) is 4.20. The summed E-state index contributed by atoms with van der Waals surface area (Å²) in [5, 5.41) is 13.9. The molecule has 1 aliphatic rings. The smallest absolute Gasteiger partial charge is 0.259 e. The number of carbonyl (C=O) groups is 2. The van der Waals surface area contributed by atoms with Crippen LogP contribution in [0.5, 0.6) is 5.75 Å². The molecule has 0 spiro atoms. The number of phenols is 1. The maximum atomic E-state index is 12.1. The van der Waals surface area contributed by atoms with Crippen molar-refractivity contribution in [2.75, 3.05) is 13.1 Å². The molecule has 2 aromatic rings. The van der Waals surface area contributed by atoms with Gasteiger partial charge in [-0.05, 0) is 23.8 Å². The van der Waals surface area contributed by atoms with E-state index in [4.69, 9.17) is 11.6 Å². The molecule has 0 unspecified atom stereocenters. The average molecular weight is 372 g/mol. The molecule has 26 heavy (non-hydrogen) atoms. The number of rotatable bonds is 5. The molecule has 1 heterocycles. The Bertz CT molecular complexity index is 839. The van der Waals surface area contributed by atoms with Crippen LogP contribution in [0.4, 0.5) is 0 Å². The molecule has 2 aromatic carbocycles. The average Bonchev–Trinajstić information content (AvgIpc) is 2.99. The van der Waals surface area contributed by atoms with Crippen LogP contribution in [0.3, 0.4) is 0 Å². The highest BCUT2D eigenvalue weighted by molar-refractivity contribution is 6.30. The first-order valence-corrected chi connectivity index (χ1v) is 8.54. The number of halogens is 1.